The third-order valence-corrected chi connectivity index (χ3v) is 4.77. The van der Waals surface area contributed by atoms with E-state index in [0.717, 1.165) is 17.8 Å². The lowest BCUT2D eigenvalue weighted by Crippen LogP contribution is -2.27. The average molecular weight is 240 g/mol. The molecule has 0 aromatic rings. The molecule has 0 heteroatoms. The molecule has 0 aromatic heterocycles. The lowest BCUT2D eigenvalue weighted by Gasteiger charge is -2.37. The number of hydrogen-bond acceptors (Lipinski definition) is 0. The molecular formula is C17H36. The summed E-state index contributed by atoms with van der Waals surface area (Å²) in [4.78, 5) is 0. The Kier molecular flexibility index (Phi) is 8.16. The van der Waals surface area contributed by atoms with Gasteiger partial charge in [0.2, 0.25) is 0 Å². The lowest BCUT2D eigenvalue weighted by molar-refractivity contribution is 0.132. The summed E-state index contributed by atoms with van der Waals surface area (Å²) in [6, 6.07) is 0. The van der Waals surface area contributed by atoms with Crippen LogP contribution in [-0.4, -0.2) is 0 Å². The van der Waals surface area contributed by atoms with Crippen LogP contribution in [-0.2, 0) is 0 Å². The van der Waals surface area contributed by atoms with Gasteiger partial charge in [0.15, 0.2) is 0 Å². The first-order valence-electron chi connectivity index (χ1n) is 7.87. The Balaban J connectivity index is 4.58. The van der Waals surface area contributed by atoms with E-state index in [-0.39, 0.29) is 0 Å². The molecule has 0 bridgehead atoms. The molecule has 0 aliphatic heterocycles. The van der Waals surface area contributed by atoms with Crippen molar-refractivity contribution in [3.63, 3.8) is 0 Å². The minimum atomic E-state index is 0.529. The summed E-state index contributed by atoms with van der Waals surface area (Å²) in [5.74, 6) is 2.69. The van der Waals surface area contributed by atoms with Crippen molar-refractivity contribution >= 4 is 0 Å². The van der Waals surface area contributed by atoms with Gasteiger partial charge in [-0.3, -0.25) is 0 Å². The molecule has 0 saturated heterocycles. The van der Waals surface area contributed by atoms with Crippen molar-refractivity contribution in [3.05, 3.63) is 0 Å². The summed E-state index contributed by atoms with van der Waals surface area (Å²) >= 11 is 0. The molecule has 0 amide bonds. The second-order valence-electron chi connectivity index (χ2n) is 6.93. The molecule has 0 rings (SSSR count). The zero-order valence-corrected chi connectivity index (χ0v) is 13.5. The van der Waals surface area contributed by atoms with E-state index in [1.807, 2.05) is 0 Å². The summed E-state index contributed by atoms with van der Waals surface area (Å²) in [7, 11) is 0. The lowest BCUT2D eigenvalue weighted by atomic mass is 9.68. The van der Waals surface area contributed by atoms with Crippen LogP contribution >= 0.6 is 0 Å². The third kappa shape index (κ3) is 6.48. The maximum Gasteiger partial charge on any atom is -0.0326 e. The molecule has 0 nitrogen and oxygen atoms in total. The second-order valence-corrected chi connectivity index (χ2v) is 6.93. The van der Waals surface area contributed by atoms with Gasteiger partial charge in [0, 0.05) is 0 Å². The molecule has 0 heterocycles. The Morgan fingerprint density at radius 3 is 1.53 bits per heavy atom. The maximum absolute atomic E-state index is 2.49. The fourth-order valence-corrected chi connectivity index (χ4v) is 2.89. The summed E-state index contributed by atoms with van der Waals surface area (Å²) < 4.78 is 0. The standard InChI is InChI=1S/C17H36/c1-8-11-17(6,7)16(12-14(4)9-2)13-15(5)10-3/h14-16H,8-13H2,1-7H3. The van der Waals surface area contributed by atoms with E-state index in [1.165, 1.54) is 38.5 Å². The number of hydrogen-bond donors (Lipinski definition) is 0. The first-order chi connectivity index (χ1) is 7.87. The Morgan fingerprint density at radius 1 is 0.824 bits per heavy atom. The Bertz CT molecular complexity index is 168. The summed E-state index contributed by atoms with van der Waals surface area (Å²) in [5.41, 5.74) is 0.529. The van der Waals surface area contributed by atoms with Crippen LogP contribution in [0.25, 0.3) is 0 Å². The molecule has 0 fully saturated rings. The normalized spacial score (nSPS) is 17.8. The van der Waals surface area contributed by atoms with Crippen LogP contribution in [0.2, 0.25) is 0 Å². The monoisotopic (exact) mass is 240 g/mol. The highest BCUT2D eigenvalue weighted by atomic mass is 14.4. The van der Waals surface area contributed by atoms with Crippen molar-refractivity contribution in [1.29, 1.82) is 0 Å². The van der Waals surface area contributed by atoms with Crippen molar-refractivity contribution in [2.45, 2.75) is 87.0 Å². The van der Waals surface area contributed by atoms with Crippen molar-refractivity contribution in [1.82, 2.24) is 0 Å². The van der Waals surface area contributed by atoms with Gasteiger partial charge < -0.3 is 0 Å². The van der Waals surface area contributed by atoms with Crippen molar-refractivity contribution in [2.24, 2.45) is 23.2 Å². The molecule has 0 saturated carbocycles. The predicted octanol–water partition coefficient (Wildman–Crippen LogP) is 6.30. The van der Waals surface area contributed by atoms with Crippen molar-refractivity contribution in [2.75, 3.05) is 0 Å². The first-order valence-corrected chi connectivity index (χ1v) is 7.87. The molecule has 104 valence electrons. The third-order valence-electron chi connectivity index (χ3n) is 4.77. The molecule has 0 aromatic carbocycles. The van der Waals surface area contributed by atoms with Gasteiger partial charge in [0.25, 0.3) is 0 Å². The van der Waals surface area contributed by atoms with Crippen LogP contribution in [0.5, 0.6) is 0 Å². The van der Waals surface area contributed by atoms with Gasteiger partial charge in [-0.15, -0.1) is 0 Å². The average Bonchev–Trinajstić information content (AvgIpc) is 2.27. The Morgan fingerprint density at radius 2 is 1.24 bits per heavy atom. The SMILES string of the molecule is CCCC(C)(C)C(CC(C)CC)CC(C)CC. The molecule has 0 aliphatic rings. The molecule has 0 aliphatic carbocycles. The van der Waals surface area contributed by atoms with Gasteiger partial charge in [-0.25, -0.2) is 0 Å². The highest BCUT2D eigenvalue weighted by molar-refractivity contribution is 4.80. The van der Waals surface area contributed by atoms with E-state index in [0.29, 0.717) is 5.41 Å². The van der Waals surface area contributed by atoms with Crippen LogP contribution in [0.15, 0.2) is 0 Å². The fraction of sp³-hybridized carbons (Fsp3) is 1.00. The van der Waals surface area contributed by atoms with E-state index in [9.17, 15) is 0 Å². The van der Waals surface area contributed by atoms with Crippen LogP contribution < -0.4 is 0 Å². The Labute approximate surface area is 111 Å². The van der Waals surface area contributed by atoms with Crippen molar-refractivity contribution in [3.8, 4) is 0 Å². The molecule has 0 spiro atoms. The van der Waals surface area contributed by atoms with E-state index < -0.39 is 0 Å². The number of rotatable bonds is 9. The van der Waals surface area contributed by atoms with E-state index in [2.05, 4.69) is 48.5 Å². The zero-order chi connectivity index (χ0) is 13.5. The van der Waals surface area contributed by atoms with Gasteiger partial charge in [-0.2, -0.15) is 0 Å². The zero-order valence-electron chi connectivity index (χ0n) is 13.5. The van der Waals surface area contributed by atoms with Crippen molar-refractivity contribution < 1.29 is 0 Å². The highest BCUT2D eigenvalue weighted by Crippen LogP contribution is 2.40. The Hall–Kier alpha value is 0. The summed E-state index contributed by atoms with van der Waals surface area (Å²) in [5, 5.41) is 0. The van der Waals surface area contributed by atoms with Crippen LogP contribution in [0, 0.1) is 23.2 Å². The predicted molar refractivity (Wildman–Crippen MR) is 80.3 cm³/mol. The molecule has 2 unspecified atom stereocenters. The molecule has 2 atom stereocenters. The minimum absolute atomic E-state index is 0.529. The van der Waals surface area contributed by atoms with Gasteiger partial charge >= 0.3 is 0 Å². The van der Waals surface area contributed by atoms with Crippen LogP contribution in [0.1, 0.15) is 87.0 Å². The summed E-state index contributed by atoms with van der Waals surface area (Å²) in [6.45, 7) is 16.8. The smallest absolute Gasteiger partial charge is 0.0326 e. The van der Waals surface area contributed by atoms with Crippen LogP contribution in [0.3, 0.4) is 0 Å². The van der Waals surface area contributed by atoms with Gasteiger partial charge in [-0.05, 0) is 42.4 Å². The highest BCUT2D eigenvalue weighted by Gasteiger charge is 2.30. The fourth-order valence-electron chi connectivity index (χ4n) is 2.89. The first kappa shape index (κ1) is 17.0. The minimum Gasteiger partial charge on any atom is -0.0654 e. The topological polar surface area (TPSA) is 0 Å². The van der Waals surface area contributed by atoms with E-state index >= 15 is 0 Å². The second kappa shape index (κ2) is 8.16. The summed E-state index contributed by atoms with van der Waals surface area (Å²) in [6.07, 6.45) is 8.22. The van der Waals surface area contributed by atoms with Gasteiger partial charge in [0.05, 0.1) is 0 Å². The molecule has 0 N–H and O–H groups in total. The van der Waals surface area contributed by atoms with E-state index in [4.69, 9.17) is 0 Å². The quantitative estimate of drug-likeness (QED) is 0.443. The largest absolute Gasteiger partial charge is 0.0654 e. The molecule has 0 radical (unpaired) electrons. The van der Waals surface area contributed by atoms with E-state index in [1.54, 1.807) is 0 Å². The molecule has 17 heavy (non-hydrogen) atoms. The maximum atomic E-state index is 2.49. The van der Waals surface area contributed by atoms with Gasteiger partial charge in [0.1, 0.15) is 0 Å². The molecular weight excluding hydrogens is 204 g/mol. The van der Waals surface area contributed by atoms with Crippen LogP contribution in [0.4, 0.5) is 0 Å². The van der Waals surface area contributed by atoms with Gasteiger partial charge in [-0.1, -0.05) is 67.7 Å².